The molecule has 0 aliphatic carbocycles. The number of nitrogens with zero attached hydrogens (tertiary/aromatic N) is 1. The fourth-order valence-corrected chi connectivity index (χ4v) is 3.17. The Bertz CT molecular complexity index is 917. The monoisotopic (exact) mass is 378 g/mol. The summed E-state index contributed by atoms with van der Waals surface area (Å²) in [5.41, 5.74) is 1.39. The highest BCUT2D eigenvalue weighted by Crippen LogP contribution is 2.32. The Hall–Kier alpha value is -2.37. The maximum Gasteiger partial charge on any atom is 0.244 e. The Morgan fingerprint density at radius 3 is 2.44 bits per heavy atom. The van der Waals surface area contributed by atoms with Gasteiger partial charge >= 0.3 is 0 Å². The number of ether oxygens (including phenoxy) is 2. The topological polar surface area (TPSA) is 52.5 Å². The number of carbonyl (C=O) groups is 1. The highest BCUT2D eigenvalue weighted by Gasteiger charge is 2.12. The van der Waals surface area contributed by atoms with Gasteiger partial charge in [0.2, 0.25) is 5.91 Å². The van der Waals surface area contributed by atoms with Crippen LogP contribution >= 0.6 is 23.2 Å². The van der Waals surface area contributed by atoms with E-state index in [0.29, 0.717) is 27.2 Å². The van der Waals surface area contributed by atoms with E-state index in [4.69, 9.17) is 32.7 Å². The van der Waals surface area contributed by atoms with E-state index in [1.165, 1.54) is 0 Å². The van der Waals surface area contributed by atoms with Gasteiger partial charge < -0.3 is 19.4 Å². The van der Waals surface area contributed by atoms with E-state index in [1.54, 1.807) is 38.5 Å². The van der Waals surface area contributed by atoms with E-state index in [-0.39, 0.29) is 12.5 Å². The molecule has 0 spiro atoms. The van der Waals surface area contributed by atoms with Crippen LogP contribution in [0.2, 0.25) is 10.0 Å². The quantitative estimate of drug-likeness (QED) is 0.705. The van der Waals surface area contributed by atoms with Crippen LogP contribution in [-0.2, 0) is 11.3 Å². The number of rotatable bonds is 5. The molecule has 0 atom stereocenters. The van der Waals surface area contributed by atoms with Crippen LogP contribution in [0.5, 0.6) is 11.5 Å². The van der Waals surface area contributed by atoms with Crippen molar-refractivity contribution in [3.63, 3.8) is 0 Å². The predicted molar refractivity (Wildman–Crippen MR) is 100 cm³/mol. The van der Waals surface area contributed by atoms with Crippen molar-refractivity contribution in [3.05, 3.63) is 52.6 Å². The zero-order valence-electron chi connectivity index (χ0n) is 13.7. The number of anilines is 1. The molecule has 0 radical (unpaired) electrons. The normalized spacial score (nSPS) is 10.7. The van der Waals surface area contributed by atoms with Crippen LogP contribution in [0.25, 0.3) is 10.9 Å². The Labute approximate surface area is 155 Å². The number of hydrogen-bond acceptors (Lipinski definition) is 3. The molecule has 7 heteroatoms. The molecule has 0 fully saturated rings. The van der Waals surface area contributed by atoms with Crippen LogP contribution < -0.4 is 14.8 Å². The first-order valence-corrected chi connectivity index (χ1v) is 8.22. The van der Waals surface area contributed by atoms with E-state index >= 15 is 0 Å². The number of aromatic nitrogens is 1. The van der Waals surface area contributed by atoms with Gasteiger partial charge in [-0.3, -0.25) is 4.79 Å². The highest BCUT2D eigenvalue weighted by atomic mass is 35.5. The molecule has 3 rings (SSSR count). The van der Waals surface area contributed by atoms with Gasteiger partial charge in [-0.2, -0.15) is 0 Å². The summed E-state index contributed by atoms with van der Waals surface area (Å²) in [6.07, 6.45) is 1.83. The van der Waals surface area contributed by atoms with Crippen LogP contribution in [0, 0.1) is 0 Å². The molecule has 3 aromatic rings. The number of methoxy groups -OCH3 is 2. The summed E-state index contributed by atoms with van der Waals surface area (Å²) < 4.78 is 12.5. The van der Waals surface area contributed by atoms with Crippen molar-refractivity contribution in [1.29, 1.82) is 0 Å². The molecule has 0 unspecified atom stereocenters. The van der Waals surface area contributed by atoms with Gasteiger partial charge in [0.15, 0.2) is 0 Å². The van der Waals surface area contributed by atoms with Crippen molar-refractivity contribution < 1.29 is 14.3 Å². The lowest BCUT2D eigenvalue weighted by molar-refractivity contribution is -0.116. The number of fused-ring (bicyclic) bond motifs is 1. The van der Waals surface area contributed by atoms with Gasteiger partial charge in [-0.05, 0) is 24.3 Å². The van der Waals surface area contributed by atoms with Crippen molar-refractivity contribution in [2.24, 2.45) is 0 Å². The van der Waals surface area contributed by atoms with Gasteiger partial charge in [0.25, 0.3) is 0 Å². The Morgan fingerprint density at radius 2 is 1.80 bits per heavy atom. The first-order valence-electron chi connectivity index (χ1n) is 7.47. The molecule has 0 bridgehead atoms. The fraction of sp³-hybridized carbons (Fsp3) is 0.167. The molecule has 1 aromatic heterocycles. The average Bonchev–Trinajstić information content (AvgIpc) is 2.95. The summed E-state index contributed by atoms with van der Waals surface area (Å²) in [4.78, 5) is 12.4. The van der Waals surface area contributed by atoms with Crippen LogP contribution in [0.15, 0.2) is 42.6 Å². The number of halogens is 2. The molecule has 0 aliphatic rings. The summed E-state index contributed by atoms with van der Waals surface area (Å²) in [5.74, 6) is 1.15. The molecule has 1 amide bonds. The summed E-state index contributed by atoms with van der Waals surface area (Å²) in [6, 6.07) is 10.5. The smallest absolute Gasteiger partial charge is 0.244 e. The van der Waals surface area contributed by atoms with Gasteiger partial charge in [-0.15, -0.1) is 0 Å². The zero-order chi connectivity index (χ0) is 18.0. The van der Waals surface area contributed by atoms with E-state index in [0.717, 1.165) is 10.9 Å². The number of amides is 1. The van der Waals surface area contributed by atoms with E-state index in [9.17, 15) is 4.79 Å². The molecule has 1 heterocycles. The van der Waals surface area contributed by atoms with Crippen LogP contribution in [-0.4, -0.2) is 24.7 Å². The van der Waals surface area contributed by atoms with Crippen molar-refractivity contribution in [2.75, 3.05) is 19.5 Å². The lowest BCUT2D eigenvalue weighted by Crippen LogP contribution is -2.18. The van der Waals surface area contributed by atoms with E-state index in [1.807, 2.05) is 22.9 Å². The second kappa shape index (κ2) is 7.25. The molecule has 5 nitrogen and oxygen atoms in total. The Morgan fingerprint density at radius 1 is 1.08 bits per heavy atom. The summed E-state index contributed by atoms with van der Waals surface area (Å²) >= 11 is 11.9. The summed E-state index contributed by atoms with van der Waals surface area (Å²) in [5, 5.41) is 4.62. The Balaban J connectivity index is 1.86. The zero-order valence-corrected chi connectivity index (χ0v) is 15.2. The third kappa shape index (κ3) is 3.83. The Kier molecular flexibility index (Phi) is 5.06. The first kappa shape index (κ1) is 17.5. The van der Waals surface area contributed by atoms with Crippen molar-refractivity contribution in [2.45, 2.75) is 6.54 Å². The van der Waals surface area contributed by atoms with Crippen LogP contribution in [0.3, 0.4) is 0 Å². The molecular formula is C18H16Cl2N2O3. The molecular weight excluding hydrogens is 363 g/mol. The number of benzene rings is 2. The first-order chi connectivity index (χ1) is 12.0. The minimum absolute atomic E-state index is 0.129. The fourth-order valence-electron chi connectivity index (χ4n) is 2.64. The number of carbonyl (C=O) groups excluding carboxylic acids is 1. The largest absolute Gasteiger partial charge is 0.497 e. The molecule has 1 N–H and O–H groups in total. The van der Waals surface area contributed by atoms with Gasteiger partial charge in [-0.1, -0.05) is 23.2 Å². The minimum atomic E-state index is -0.197. The maximum atomic E-state index is 12.4. The average molecular weight is 379 g/mol. The molecule has 0 saturated heterocycles. The molecule has 0 aliphatic heterocycles. The van der Waals surface area contributed by atoms with Crippen molar-refractivity contribution in [3.8, 4) is 11.5 Å². The van der Waals surface area contributed by atoms with Gasteiger partial charge in [-0.25, -0.2) is 0 Å². The van der Waals surface area contributed by atoms with Crippen LogP contribution in [0.4, 0.5) is 5.69 Å². The van der Waals surface area contributed by atoms with Gasteiger partial charge in [0.1, 0.15) is 18.0 Å². The molecule has 2 aromatic carbocycles. The standard InChI is InChI=1S/C18H16Cl2N2O3/c1-24-14-8-16-15(17(9-14)25-2)3-4-22(16)10-18(23)21-13-6-11(19)5-12(20)7-13/h3-9H,10H2,1-2H3,(H,21,23). The summed E-state index contributed by atoms with van der Waals surface area (Å²) in [7, 11) is 3.19. The lowest BCUT2D eigenvalue weighted by atomic mass is 10.2. The van der Waals surface area contributed by atoms with E-state index < -0.39 is 0 Å². The third-order valence-corrected chi connectivity index (χ3v) is 4.18. The van der Waals surface area contributed by atoms with Crippen molar-refractivity contribution in [1.82, 2.24) is 4.57 Å². The number of hydrogen-bond donors (Lipinski definition) is 1. The second-order valence-electron chi connectivity index (χ2n) is 5.41. The van der Waals surface area contributed by atoms with Gasteiger partial charge in [0, 0.05) is 39.4 Å². The van der Waals surface area contributed by atoms with Crippen molar-refractivity contribution >= 4 is 45.7 Å². The number of nitrogens with one attached hydrogen (secondary N) is 1. The van der Waals surface area contributed by atoms with Gasteiger partial charge in [0.05, 0.1) is 19.7 Å². The molecule has 25 heavy (non-hydrogen) atoms. The maximum absolute atomic E-state index is 12.4. The predicted octanol–water partition coefficient (Wildman–Crippen LogP) is 4.60. The summed E-state index contributed by atoms with van der Waals surface area (Å²) in [6.45, 7) is 0.129. The SMILES string of the molecule is COc1cc(OC)c2ccn(CC(=O)Nc3cc(Cl)cc(Cl)c3)c2c1. The lowest BCUT2D eigenvalue weighted by Gasteiger charge is -2.10. The third-order valence-electron chi connectivity index (χ3n) is 3.74. The molecule has 0 saturated carbocycles. The second-order valence-corrected chi connectivity index (χ2v) is 6.29. The highest BCUT2D eigenvalue weighted by molar-refractivity contribution is 6.35. The van der Waals surface area contributed by atoms with Crippen LogP contribution in [0.1, 0.15) is 0 Å². The minimum Gasteiger partial charge on any atom is -0.497 e. The van der Waals surface area contributed by atoms with E-state index in [2.05, 4.69) is 5.32 Å². The molecule has 130 valence electrons.